The molecule has 4 aromatic rings. The number of piperazine rings is 1. The van der Waals surface area contributed by atoms with Gasteiger partial charge in [-0.25, -0.2) is 9.48 Å². The largest absolute Gasteiger partial charge is 0.465 e. The topological polar surface area (TPSA) is 122 Å². The highest BCUT2D eigenvalue weighted by Crippen LogP contribution is 2.30. The van der Waals surface area contributed by atoms with Gasteiger partial charge < -0.3 is 19.7 Å². The summed E-state index contributed by atoms with van der Waals surface area (Å²) in [5.41, 5.74) is 3.51. The summed E-state index contributed by atoms with van der Waals surface area (Å²) < 4.78 is 9.47. The van der Waals surface area contributed by atoms with Gasteiger partial charge in [0, 0.05) is 55.5 Å². The summed E-state index contributed by atoms with van der Waals surface area (Å²) in [7, 11) is 0. The minimum Gasteiger partial charge on any atom is -0.465 e. The number of hydrogen-bond donors (Lipinski definition) is 2. The van der Waals surface area contributed by atoms with E-state index in [-0.39, 0.29) is 37.3 Å². The Labute approximate surface area is 259 Å². The highest BCUT2D eigenvalue weighted by Gasteiger charge is 2.35. The Balaban J connectivity index is 1.12. The Morgan fingerprint density at radius 3 is 2.55 bits per heavy atom. The molecule has 44 heavy (non-hydrogen) atoms. The van der Waals surface area contributed by atoms with Crippen molar-refractivity contribution in [2.75, 3.05) is 26.2 Å². The second-order valence-electron chi connectivity index (χ2n) is 11.3. The van der Waals surface area contributed by atoms with Crippen molar-refractivity contribution in [3.63, 3.8) is 0 Å². The van der Waals surface area contributed by atoms with Crippen LogP contribution in [0.15, 0.2) is 71.7 Å². The average Bonchev–Trinajstić information content (AvgIpc) is 3.39. The molecule has 2 amide bonds. The minimum atomic E-state index is -1.12. The van der Waals surface area contributed by atoms with Crippen LogP contribution in [0.2, 0.25) is 5.02 Å². The first kappa shape index (κ1) is 29.9. The number of hydrogen-bond acceptors (Lipinski definition) is 6. The molecular formula is C32H35ClN6O5. The molecule has 2 aromatic carbocycles. The van der Waals surface area contributed by atoms with E-state index in [1.807, 2.05) is 53.2 Å². The Hall–Kier alpha value is -4.19. The molecule has 0 saturated carbocycles. The van der Waals surface area contributed by atoms with Crippen LogP contribution in [0.3, 0.4) is 0 Å². The summed E-state index contributed by atoms with van der Waals surface area (Å²) in [6.07, 6.45) is 3.38. The number of pyridine rings is 1. The first-order valence-corrected chi connectivity index (χ1v) is 15.2. The number of nitrogens with zero attached hydrogens (tertiary/aromatic N) is 5. The van der Waals surface area contributed by atoms with Crippen molar-refractivity contribution < 1.29 is 19.4 Å². The molecule has 0 aliphatic carbocycles. The Bertz CT molecular complexity index is 1700. The Morgan fingerprint density at radius 1 is 1.02 bits per heavy atom. The van der Waals surface area contributed by atoms with Gasteiger partial charge in [-0.05, 0) is 54.7 Å². The molecule has 2 unspecified atom stereocenters. The maximum absolute atomic E-state index is 13.5. The van der Waals surface area contributed by atoms with Crippen molar-refractivity contribution >= 4 is 34.5 Å². The molecule has 2 aliphatic heterocycles. The van der Waals surface area contributed by atoms with Crippen LogP contribution in [-0.2, 0) is 29.2 Å². The van der Waals surface area contributed by atoms with Crippen molar-refractivity contribution in [2.24, 2.45) is 0 Å². The molecule has 2 atom stereocenters. The van der Waals surface area contributed by atoms with Gasteiger partial charge in [0.1, 0.15) is 6.04 Å². The van der Waals surface area contributed by atoms with Crippen LogP contribution in [0.25, 0.3) is 10.9 Å². The fourth-order valence-corrected chi connectivity index (χ4v) is 6.14. The van der Waals surface area contributed by atoms with Gasteiger partial charge in [-0.15, -0.1) is 0 Å². The second-order valence-corrected chi connectivity index (χ2v) is 11.7. The van der Waals surface area contributed by atoms with Crippen molar-refractivity contribution in [3.8, 4) is 0 Å². The van der Waals surface area contributed by atoms with Crippen molar-refractivity contribution in [1.82, 2.24) is 29.5 Å². The van der Waals surface area contributed by atoms with Gasteiger partial charge in [0.15, 0.2) is 6.23 Å². The highest BCUT2D eigenvalue weighted by atomic mass is 35.5. The van der Waals surface area contributed by atoms with Crippen LogP contribution in [0, 0.1) is 0 Å². The zero-order valence-corrected chi connectivity index (χ0v) is 25.0. The van der Waals surface area contributed by atoms with E-state index in [2.05, 4.69) is 10.2 Å². The zero-order chi connectivity index (χ0) is 30.6. The quantitative estimate of drug-likeness (QED) is 0.305. The van der Waals surface area contributed by atoms with Gasteiger partial charge >= 0.3 is 6.09 Å². The lowest BCUT2D eigenvalue weighted by Gasteiger charge is -2.39. The molecule has 12 heteroatoms. The van der Waals surface area contributed by atoms with Crippen LogP contribution >= 0.6 is 11.6 Å². The zero-order valence-electron chi connectivity index (χ0n) is 24.3. The standard InChI is InChI=1S/C32H35ClN6O5/c33-24-11-12-27-25(17-24)26(35-39(27)30-6-2-4-16-44-30)18-34-31(41)28-21-36(14-15-38(28)32(42)43)19-22-7-9-23(10-8-22)20-37-13-3-1-5-29(37)40/h1,3,5,7-13,17,28,30H,2,4,6,14-16,18-21H2,(H,34,41)(H,42,43). The molecular weight excluding hydrogens is 584 g/mol. The second kappa shape index (κ2) is 13.2. The fourth-order valence-electron chi connectivity index (χ4n) is 5.97. The Morgan fingerprint density at radius 2 is 1.82 bits per heavy atom. The lowest BCUT2D eigenvalue weighted by atomic mass is 10.1. The average molecular weight is 619 g/mol. The van der Waals surface area contributed by atoms with Crippen molar-refractivity contribution in [2.45, 2.75) is 51.2 Å². The van der Waals surface area contributed by atoms with E-state index in [1.54, 1.807) is 16.8 Å². The van der Waals surface area contributed by atoms with Crippen LogP contribution in [0.5, 0.6) is 0 Å². The predicted octanol–water partition coefficient (Wildman–Crippen LogP) is 4.08. The number of nitrogens with one attached hydrogen (secondary N) is 1. The molecule has 230 valence electrons. The molecule has 0 spiro atoms. The smallest absolute Gasteiger partial charge is 0.408 e. The first-order valence-electron chi connectivity index (χ1n) is 14.9. The Kier molecular flexibility index (Phi) is 8.96. The summed E-state index contributed by atoms with van der Waals surface area (Å²) in [5.74, 6) is -0.376. The van der Waals surface area contributed by atoms with Gasteiger partial charge in [-0.1, -0.05) is 41.9 Å². The van der Waals surface area contributed by atoms with E-state index in [9.17, 15) is 19.5 Å². The number of carbonyl (C=O) groups is 2. The third kappa shape index (κ3) is 6.64. The number of rotatable bonds is 8. The predicted molar refractivity (Wildman–Crippen MR) is 165 cm³/mol. The van der Waals surface area contributed by atoms with Crippen LogP contribution in [-0.4, -0.2) is 73.5 Å². The lowest BCUT2D eigenvalue weighted by molar-refractivity contribution is -0.128. The van der Waals surface area contributed by atoms with E-state index in [0.29, 0.717) is 37.0 Å². The number of carboxylic acid groups (broad SMARTS) is 1. The van der Waals surface area contributed by atoms with Crippen LogP contribution < -0.4 is 10.9 Å². The number of benzene rings is 2. The normalized spacial score (nSPS) is 19.2. The highest BCUT2D eigenvalue weighted by molar-refractivity contribution is 6.31. The molecule has 0 bridgehead atoms. The van der Waals surface area contributed by atoms with E-state index in [4.69, 9.17) is 21.4 Å². The van der Waals surface area contributed by atoms with Gasteiger partial charge in [0.05, 0.1) is 24.3 Å². The van der Waals surface area contributed by atoms with Crippen molar-refractivity contribution in [1.29, 1.82) is 0 Å². The molecule has 0 radical (unpaired) electrons. The van der Waals surface area contributed by atoms with E-state index >= 15 is 0 Å². The molecule has 2 N–H and O–H groups in total. The third-order valence-electron chi connectivity index (χ3n) is 8.30. The molecule has 2 aromatic heterocycles. The number of ether oxygens (including phenoxy) is 1. The third-order valence-corrected chi connectivity index (χ3v) is 8.53. The van der Waals surface area contributed by atoms with E-state index in [0.717, 1.165) is 41.3 Å². The van der Waals surface area contributed by atoms with Crippen LogP contribution in [0.4, 0.5) is 4.79 Å². The summed E-state index contributed by atoms with van der Waals surface area (Å²) in [6, 6.07) is 17.8. The molecule has 4 heterocycles. The number of halogens is 1. The van der Waals surface area contributed by atoms with Gasteiger partial charge in [0.2, 0.25) is 5.91 Å². The number of amides is 2. The number of fused-ring (bicyclic) bond motifs is 1. The van der Waals surface area contributed by atoms with E-state index < -0.39 is 12.1 Å². The first-order chi connectivity index (χ1) is 21.4. The van der Waals surface area contributed by atoms with Gasteiger partial charge in [0.25, 0.3) is 5.56 Å². The molecule has 2 aliphatic rings. The van der Waals surface area contributed by atoms with E-state index in [1.165, 1.54) is 11.0 Å². The molecule has 2 saturated heterocycles. The number of aromatic nitrogens is 3. The monoisotopic (exact) mass is 618 g/mol. The minimum absolute atomic E-state index is 0.0548. The molecule has 6 rings (SSSR count). The molecule has 11 nitrogen and oxygen atoms in total. The van der Waals surface area contributed by atoms with Crippen LogP contribution in [0.1, 0.15) is 42.3 Å². The summed E-state index contributed by atoms with van der Waals surface area (Å²) >= 11 is 6.31. The molecule has 2 fully saturated rings. The summed E-state index contributed by atoms with van der Waals surface area (Å²) in [6.45, 7) is 2.83. The van der Waals surface area contributed by atoms with Crippen molar-refractivity contribution in [3.05, 3.63) is 99.1 Å². The fraction of sp³-hybridized carbons (Fsp3) is 0.375. The lowest BCUT2D eigenvalue weighted by Crippen LogP contribution is -2.60. The van der Waals surface area contributed by atoms with Gasteiger partial charge in [-0.2, -0.15) is 5.10 Å². The van der Waals surface area contributed by atoms with Gasteiger partial charge in [-0.3, -0.25) is 19.4 Å². The number of carbonyl (C=O) groups excluding carboxylic acids is 1. The summed E-state index contributed by atoms with van der Waals surface area (Å²) in [5, 5.41) is 19.0. The summed E-state index contributed by atoms with van der Waals surface area (Å²) in [4.78, 5) is 40.9. The maximum Gasteiger partial charge on any atom is 0.408 e. The maximum atomic E-state index is 13.5. The SMILES string of the molecule is O=C(NCc1nn(C2CCCCO2)c2ccc(Cl)cc12)C1CN(Cc2ccc(Cn3ccccc3=O)cc2)CCN1C(=O)O.